The van der Waals surface area contributed by atoms with Gasteiger partial charge in [-0.3, -0.25) is 9.59 Å². The van der Waals surface area contributed by atoms with Gasteiger partial charge in [0.15, 0.2) is 0 Å². The number of aryl methyl sites for hydroxylation is 1. The van der Waals surface area contributed by atoms with Gasteiger partial charge in [-0.25, -0.2) is 0 Å². The van der Waals surface area contributed by atoms with Gasteiger partial charge in [-0.05, 0) is 36.8 Å². The molecule has 1 fully saturated rings. The molecule has 1 saturated heterocycles. The topological polar surface area (TPSA) is 77.1 Å². The molecule has 1 atom stereocenters. The van der Waals surface area contributed by atoms with Gasteiger partial charge in [0.1, 0.15) is 18.1 Å². The lowest BCUT2D eigenvalue weighted by atomic mass is 10.1. The number of ether oxygens (including phenoxy) is 3. The Labute approximate surface area is 170 Å². The molecule has 0 radical (unpaired) electrons. The molecule has 29 heavy (non-hydrogen) atoms. The number of amides is 2. The molecule has 0 bridgehead atoms. The summed E-state index contributed by atoms with van der Waals surface area (Å²) in [6.45, 7) is 3.11. The Kier molecular flexibility index (Phi) is 6.72. The van der Waals surface area contributed by atoms with E-state index in [4.69, 9.17) is 14.2 Å². The molecular weight excluding hydrogens is 372 g/mol. The number of hydrogen-bond donors (Lipinski definition) is 1. The molecule has 1 heterocycles. The fourth-order valence-corrected chi connectivity index (χ4v) is 3.23. The molecule has 0 aromatic heterocycles. The van der Waals surface area contributed by atoms with Crippen LogP contribution in [-0.2, 0) is 14.3 Å². The Morgan fingerprint density at radius 3 is 2.76 bits per heavy atom. The van der Waals surface area contributed by atoms with Crippen LogP contribution in [0.25, 0.3) is 0 Å². The van der Waals surface area contributed by atoms with Crippen molar-refractivity contribution in [3.05, 3.63) is 48.0 Å². The van der Waals surface area contributed by atoms with Crippen molar-refractivity contribution in [3.63, 3.8) is 0 Å². The lowest BCUT2D eigenvalue weighted by Crippen LogP contribution is -2.28. The zero-order valence-electron chi connectivity index (χ0n) is 16.9. The molecule has 0 aliphatic carbocycles. The Morgan fingerprint density at radius 2 is 2.00 bits per heavy atom. The highest BCUT2D eigenvalue weighted by Crippen LogP contribution is 2.30. The molecule has 0 saturated carbocycles. The van der Waals surface area contributed by atoms with Crippen molar-refractivity contribution in [2.45, 2.75) is 13.3 Å². The molecule has 7 nitrogen and oxygen atoms in total. The van der Waals surface area contributed by atoms with Crippen LogP contribution in [0.2, 0.25) is 0 Å². The summed E-state index contributed by atoms with van der Waals surface area (Å²) in [5.41, 5.74) is 2.34. The predicted molar refractivity (Wildman–Crippen MR) is 111 cm³/mol. The van der Waals surface area contributed by atoms with E-state index in [1.54, 1.807) is 25.2 Å². The molecule has 1 N–H and O–H groups in total. The van der Waals surface area contributed by atoms with Gasteiger partial charge in [-0.1, -0.05) is 12.1 Å². The molecule has 2 amide bonds. The van der Waals surface area contributed by atoms with Gasteiger partial charge >= 0.3 is 0 Å². The zero-order chi connectivity index (χ0) is 20.8. The van der Waals surface area contributed by atoms with Gasteiger partial charge in [0, 0.05) is 31.8 Å². The average Bonchev–Trinajstić information content (AvgIpc) is 3.12. The van der Waals surface area contributed by atoms with E-state index in [9.17, 15) is 9.59 Å². The summed E-state index contributed by atoms with van der Waals surface area (Å²) in [7, 11) is 3.18. The number of nitrogens with zero attached hydrogens (tertiary/aromatic N) is 1. The van der Waals surface area contributed by atoms with Gasteiger partial charge in [0.2, 0.25) is 11.8 Å². The summed E-state index contributed by atoms with van der Waals surface area (Å²) >= 11 is 0. The summed E-state index contributed by atoms with van der Waals surface area (Å²) in [6.07, 6.45) is 0.161. The van der Waals surface area contributed by atoms with Crippen LogP contribution in [0.5, 0.6) is 11.5 Å². The highest BCUT2D eigenvalue weighted by molar-refractivity contribution is 6.04. The van der Waals surface area contributed by atoms with Crippen LogP contribution < -0.4 is 19.7 Å². The fourth-order valence-electron chi connectivity index (χ4n) is 3.23. The fraction of sp³-hybridized carbons (Fsp3) is 0.364. The number of nitrogens with one attached hydrogen (secondary N) is 1. The van der Waals surface area contributed by atoms with E-state index in [2.05, 4.69) is 5.32 Å². The molecule has 7 heteroatoms. The first kappa shape index (κ1) is 20.7. The number of benzene rings is 2. The maximum Gasteiger partial charge on any atom is 0.229 e. The monoisotopic (exact) mass is 398 g/mol. The maximum atomic E-state index is 12.8. The van der Waals surface area contributed by atoms with Gasteiger partial charge in [0.25, 0.3) is 0 Å². The van der Waals surface area contributed by atoms with E-state index in [0.717, 1.165) is 11.3 Å². The highest BCUT2D eigenvalue weighted by Gasteiger charge is 2.35. The Balaban J connectivity index is 1.69. The van der Waals surface area contributed by atoms with E-state index in [-0.39, 0.29) is 18.2 Å². The SMILES string of the molecule is COCCOc1cc(C)ccc1NC(=O)C1CC(=O)N(c2cccc(OC)c2)C1. The lowest BCUT2D eigenvalue weighted by molar-refractivity contribution is -0.122. The Hall–Kier alpha value is -3.06. The minimum absolute atomic E-state index is 0.0844. The smallest absolute Gasteiger partial charge is 0.229 e. The van der Waals surface area contributed by atoms with Gasteiger partial charge in [-0.2, -0.15) is 0 Å². The predicted octanol–water partition coefficient (Wildman–Crippen LogP) is 3.02. The summed E-state index contributed by atoms with van der Waals surface area (Å²) in [5, 5.41) is 2.91. The second kappa shape index (κ2) is 9.43. The number of carbonyl (C=O) groups excluding carboxylic acids is 2. The van der Waals surface area contributed by atoms with E-state index in [0.29, 0.717) is 36.9 Å². The van der Waals surface area contributed by atoms with Gasteiger partial charge in [-0.15, -0.1) is 0 Å². The minimum atomic E-state index is -0.443. The summed E-state index contributed by atoms with van der Waals surface area (Å²) in [4.78, 5) is 26.9. The maximum absolute atomic E-state index is 12.8. The van der Waals surface area contributed by atoms with E-state index in [1.165, 1.54) is 0 Å². The first-order chi connectivity index (χ1) is 14.0. The molecule has 3 rings (SSSR count). The Bertz CT molecular complexity index is 883. The first-order valence-electron chi connectivity index (χ1n) is 9.49. The van der Waals surface area contributed by atoms with Crippen molar-refractivity contribution in [2.75, 3.05) is 44.2 Å². The van der Waals surface area contributed by atoms with Crippen LogP contribution in [0.4, 0.5) is 11.4 Å². The standard InChI is InChI=1S/C22H26N2O5/c1-15-7-8-19(20(11-15)29-10-9-27-2)23-22(26)16-12-21(25)24(14-16)17-5-4-6-18(13-17)28-3/h4-8,11,13,16H,9-10,12,14H2,1-3H3,(H,23,26). The van der Waals surface area contributed by atoms with Crippen molar-refractivity contribution in [1.29, 1.82) is 0 Å². The molecule has 2 aromatic rings. The van der Waals surface area contributed by atoms with Crippen LogP contribution in [0.3, 0.4) is 0 Å². The van der Waals surface area contributed by atoms with Crippen molar-refractivity contribution < 1.29 is 23.8 Å². The average molecular weight is 398 g/mol. The van der Waals surface area contributed by atoms with Crippen molar-refractivity contribution in [1.82, 2.24) is 0 Å². The van der Waals surface area contributed by atoms with E-state index in [1.807, 2.05) is 43.3 Å². The van der Waals surface area contributed by atoms with Gasteiger partial charge < -0.3 is 24.4 Å². The van der Waals surface area contributed by atoms with Crippen LogP contribution in [0.15, 0.2) is 42.5 Å². The van der Waals surface area contributed by atoms with Crippen LogP contribution >= 0.6 is 0 Å². The number of hydrogen-bond acceptors (Lipinski definition) is 5. The first-order valence-corrected chi connectivity index (χ1v) is 9.49. The van der Waals surface area contributed by atoms with Gasteiger partial charge in [0.05, 0.1) is 25.3 Å². The summed E-state index contributed by atoms with van der Waals surface area (Å²) in [6, 6.07) is 12.9. The van der Waals surface area contributed by atoms with E-state index >= 15 is 0 Å². The number of anilines is 2. The quantitative estimate of drug-likeness (QED) is 0.692. The van der Waals surface area contributed by atoms with Crippen LogP contribution in [-0.4, -0.2) is 45.8 Å². The molecule has 154 valence electrons. The lowest BCUT2D eigenvalue weighted by Gasteiger charge is -2.18. The summed E-state index contributed by atoms with van der Waals surface area (Å²) in [5.74, 6) is 0.523. The third-order valence-corrected chi connectivity index (χ3v) is 4.80. The summed E-state index contributed by atoms with van der Waals surface area (Å²) < 4.78 is 16.0. The highest BCUT2D eigenvalue weighted by atomic mass is 16.5. The minimum Gasteiger partial charge on any atom is -0.497 e. The second-order valence-corrected chi connectivity index (χ2v) is 6.94. The molecule has 1 unspecified atom stereocenters. The van der Waals surface area contributed by atoms with Crippen molar-refractivity contribution in [2.24, 2.45) is 5.92 Å². The largest absolute Gasteiger partial charge is 0.497 e. The van der Waals surface area contributed by atoms with Crippen molar-refractivity contribution in [3.8, 4) is 11.5 Å². The van der Waals surface area contributed by atoms with Crippen LogP contribution in [0, 0.1) is 12.8 Å². The molecule has 2 aromatic carbocycles. The van der Waals surface area contributed by atoms with E-state index < -0.39 is 5.92 Å². The number of carbonyl (C=O) groups is 2. The normalized spacial score (nSPS) is 16.0. The molecular formula is C22H26N2O5. The van der Waals surface area contributed by atoms with Crippen LogP contribution in [0.1, 0.15) is 12.0 Å². The molecule has 1 aliphatic heterocycles. The Morgan fingerprint density at radius 1 is 1.17 bits per heavy atom. The molecule has 0 spiro atoms. The number of rotatable bonds is 8. The zero-order valence-corrected chi connectivity index (χ0v) is 16.9. The second-order valence-electron chi connectivity index (χ2n) is 6.94. The number of methoxy groups -OCH3 is 2. The van der Waals surface area contributed by atoms with Crippen molar-refractivity contribution >= 4 is 23.2 Å². The third-order valence-electron chi connectivity index (χ3n) is 4.80. The third kappa shape index (κ3) is 5.06. The molecule has 1 aliphatic rings.